The maximum absolute atomic E-state index is 12.9. The summed E-state index contributed by atoms with van der Waals surface area (Å²) in [5, 5.41) is 40.4. The van der Waals surface area contributed by atoms with Crippen molar-refractivity contribution < 1.29 is 44.2 Å². The topological polar surface area (TPSA) is 135 Å². The van der Waals surface area contributed by atoms with Gasteiger partial charge in [-0.15, -0.1) is 0 Å². The Morgan fingerprint density at radius 1 is 0.452 bits per heavy atom. The van der Waals surface area contributed by atoms with E-state index in [1.165, 1.54) is 135 Å². The number of unbranched alkanes of at least 4 members (excludes halogenated alkanes) is 27. The van der Waals surface area contributed by atoms with Crippen molar-refractivity contribution >= 4 is 5.97 Å². The van der Waals surface area contributed by atoms with E-state index in [-0.39, 0.29) is 19.2 Å². The number of carbonyl (C=O) groups is 1. The minimum absolute atomic E-state index is 0.125. The Morgan fingerprint density at radius 2 is 0.836 bits per heavy atom. The van der Waals surface area contributed by atoms with Crippen LogP contribution in [0.2, 0.25) is 0 Å². The van der Waals surface area contributed by atoms with Crippen molar-refractivity contribution in [2.45, 2.75) is 288 Å². The molecule has 422 valence electrons. The summed E-state index contributed by atoms with van der Waals surface area (Å²) in [4.78, 5) is 12.9. The van der Waals surface area contributed by atoms with Gasteiger partial charge in [0.05, 0.1) is 19.8 Å². The van der Waals surface area contributed by atoms with Crippen LogP contribution in [0.4, 0.5) is 0 Å². The second-order valence-corrected chi connectivity index (χ2v) is 20.4. The lowest BCUT2D eigenvalue weighted by molar-refractivity contribution is -0.305. The van der Waals surface area contributed by atoms with Gasteiger partial charge in [-0.05, 0) is 70.6 Å². The zero-order valence-electron chi connectivity index (χ0n) is 46.9. The van der Waals surface area contributed by atoms with E-state index < -0.39 is 43.4 Å². The van der Waals surface area contributed by atoms with E-state index in [1.54, 1.807) is 0 Å². The third-order valence-electron chi connectivity index (χ3n) is 13.6. The minimum atomic E-state index is -1.55. The van der Waals surface area contributed by atoms with Gasteiger partial charge in [-0.25, -0.2) is 0 Å². The SMILES string of the molecule is CC/C=C\C/C=C\C/C=C\C/C=C\C/C=C\C/C=C\C/C=C\CCCCCCOCC(COC1OC(CO)C(O)C(O)C1O)OC(=O)CCCCCCCCCCCCCCCCCCCCCCCCCC. The lowest BCUT2D eigenvalue weighted by Gasteiger charge is -2.39. The minimum Gasteiger partial charge on any atom is -0.457 e. The molecule has 0 bridgehead atoms. The summed E-state index contributed by atoms with van der Waals surface area (Å²) in [6.45, 7) is 4.41. The highest BCUT2D eigenvalue weighted by atomic mass is 16.7. The molecule has 0 aromatic carbocycles. The third-order valence-corrected chi connectivity index (χ3v) is 13.6. The Morgan fingerprint density at radius 3 is 1.26 bits per heavy atom. The summed E-state index contributed by atoms with van der Waals surface area (Å²) >= 11 is 0. The fourth-order valence-corrected chi connectivity index (χ4v) is 8.95. The molecule has 9 heteroatoms. The van der Waals surface area contributed by atoms with Crippen molar-refractivity contribution in [2.24, 2.45) is 0 Å². The molecule has 1 fully saturated rings. The summed E-state index contributed by atoms with van der Waals surface area (Å²) < 4.78 is 23.0. The Bertz CT molecular complexity index is 1400. The quantitative estimate of drug-likeness (QED) is 0.0267. The summed E-state index contributed by atoms with van der Waals surface area (Å²) in [5.41, 5.74) is 0. The molecule has 0 radical (unpaired) electrons. The summed E-state index contributed by atoms with van der Waals surface area (Å²) in [7, 11) is 0. The Hall–Kier alpha value is -2.63. The zero-order chi connectivity index (χ0) is 52.8. The molecule has 6 unspecified atom stereocenters. The van der Waals surface area contributed by atoms with Gasteiger partial charge in [0.25, 0.3) is 0 Å². The Labute approximate surface area is 448 Å². The van der Waals surface area contributed by atoms with E-state index in [4.69, 9.17) is 18.9 Å². The monoisotopic (exact) mass is 1020 g/mol. The highest BCUT2D eigenvalue weighted by Gasteiger charge is 2.44. The molecule has 73 heavy (non-hydrogen) atoms. The zero-order valence-corrected chi connectivity index (χ0v) is 46.9. The van der Waals surface area contributed by atoms with Gasteiger partial charge in [-0.3, -0.25) is 4.79 Å². The van der Waals surface area contributed by atoms with Crippen LogP contribution >= 0.6 is 0 Å². The summed E-state index contributed by atoms with van der Waals surface area (Å²) in [5.74, 6) is -0.321. The molecular formula is C64H112O9. The maximum Gasteiger partial charge on any atom is 0.306 e. The first-order chi connectivity index (χ1) is 35.9. The molecule has 0 amide bonds. The van der Waals surface area contributed by atoms with Gasteiger partial charge in [0.2, 0.25) is 0 Å². The van der Waals surface area contributed by atoms with E-state index in [0.29, 0.717) is 13.0 Å². The van der Waals surface area contributed by atoms with Crippen molar-refractivity contribution in [2.75, 3.05) is 26.4 Å². The van der Waals surface area contributed by atoms with Crippen LogP contribution in [-0.2, 0) is 23.7 Å². The lowest BCUT2D eigenvalue weighted by Crippen LogP contribution is -2.59. The molecular weight excluding hydrogens is 913 g/mol. The van der Waals surface area contributed by atoms with Crippen LogP contribution in [0.1, 0.15) is 251 Å². The van der Waals surface area contributed by atoms with Gasteiger partial charge in [0.1, 0.15) is 30.5 Å². The Kier molecular flexibility index (Phi) is 50.7. The standard InChI is InChI=1S/C64H112O9/c1-3-5-7-9-11-13-15-17-19-21-23-25-27-29-30-32-34-36-38-40-42-44-46-48-50-52-54-70-56-58(57-71-64-63(69)62(68)61(67)59(55-65)73-64)72-60(66)53-51-49-47-45-43-41-39-37-35-33-31-28-26-24-22-20-18-16-14-12-10-8-6-4-2/h5,7,11,13,17,19,23,25,29-30,34,36,40,42,58-59,61-65,67-69H,3-4,6,8-10,12,14-16,18,20-22,24,26-28,31-33,35,37-39,41,43-57H2,1-2H3/b7-5-,13-11-,19-17-,25-23-,30-29-,36-34-,42-40-. The predicted molar refractivity (Wildman–Crippen MR) is 307 cm³/mol. The van der Waals surface area contributed by atoms with Crippen molar-refractivity contribution in [3.8, 4) is 0 Å². The van der Waals surface area contributed by atoms with Crippen LogP contribution in [-0.4, -0.2) is 89.6 Å². The normalized spacial score (nSPS) is 19.2. The van der Waals surface area contributed by atoms with E-state index in [0.717, 1.165) is 96.3 Å². The van der Waals surface area contributed by atoms with Gasteiger partial charge in [0, 0.05) is 13.0 Å². The fourth-order valence-electron chi connectivity index (χ4n) is 8.95. The largest absolute Gasteiger partial charge is 0.457 e. The van der Waals surface area contributed by atoms with Crippen molar-refractivity contribution in [3.63, 3.8) is 0 Å². The molecule has 4 N–H and O–H groups in total. The average Bonchev–Trinajstić information content (AvgIpc) is 3.39. The fraction of sp³-hybridized carbons (Fsp3) is 0.766. The highest BCUT2D eigenvalue weighted by Crippen LogP contribution is 2.23. The van der Waals surface area contributed by atoms with Crippen LogP contribution in [0.15, 0.2) is 85.1 Å². The van der Waals surface area contributed by atoms with Crippen molar-refractivity contribution in [3.05, 3.63) is 85.1 Å². The van der Waals surface area contributed by atoms with Gasteiger partial charge < -0.3 is 39.4 Å². The van der Waals surface area contributed by atoms with Crippen molar-refractivity contribution in [1.82, 2.24) is 0 Å². The molecule has 1 rings (SSSR count). The van der Waals surface area contributed by atoms with Crippen LogP contribution in [0, 0.1) is 0 Å². The number of ether oxygens (including phenoxy) is 4. The molecule has 0 aromatic rings. The third kappa shape index (κ3) is 44.2. The highest BCUT2D eigenvalue weighted by molar-refractivity contribution is 5.69. The molecule has 6 atom stereocenters. The van der Waals surface area contributed by atoms with Crippen LogP contribution in [0.5, 0.6) is 0 Å². The number of carbonyl (C=O) groups excluding carboxylic acids is 1. The first kappa shape index (κ1) is 68.4. The van der Waals surface area contributed by atoms with E-state index >= 15 is 0 Å². The molecule has 0 aromatic heterocycles. The van der Waals surface area contributed by atoms with Crippen molar-refractivity contribution in [1.29, 1.82) is 0 Å². The molecule has 1 aliphatic heterocycles. The molecule has 9 nitrogen and oxygen atoms in total. The molecule has 1 aliphatic rings. The van der Waals surface area contributed by atoms with Crippen LogP contribution in [0.25, 0.3) is 0 Å². The van der Waals surface area contributed by atoms with Gasteiger partial charge in [-0.1, -0.05) is 259 Å². The number of rotatable bonds is 52. The molecule has 1 saturated heterocycles. The van der Waals surface area contributed by atoms with Gasteiger partial charge in [-0.2, -0.15) is 0 Å². The average molecular weight is 1030 g/mol. The number of aliphatic hydroxyl groups is 4. The second-order valence-electron chi connectivity index (χ2n) is 20.4. The first-order valence-electron chi connectivity index (χ1n) is 30.2. The predicted octanol–water partition coefficient (Wildman–Crippen LogP) is 16.1. The number of aliphatic hydroxyl groups excluding tert-OH is 4. The smallest absolute Gasteiger partial charge is 0.306 e. The van der Waals surface area contributed by atoms with Crippen LogP contribution < -0.4 is 0 Å². The first-order valence-corrected chi connectivity index (χ1v) is 30.2. The van der Waals surface area contributed by atoms with E-state index in [9.17, 15) is 25.2 Å². The molecule has 0 aliphatic carbocycles. The van der Waals surface area contributed by atoms with E-state index in [1.807, 2.05) is 0 Å². The van der Waals surface area contributed by atoms with Gasteiger partial charge in [0.15, 0.2) is 6.29 Å². The summed E-state index contributed by atoms with van der Waals surface area (Å²) in [6, 6.07) is 0. The second kappa shape index (κ2) is 54.2. The Balaban J connectivity index is 2.17. The number of allylic oxidation sites excluding steroid dienone is 14. The lowest BCUT2D eigenvalue weighted by atomic mass is 9.99. The molecule has 0 spiro atoms. The molecule has 0 saturated carbocycles. The summed E-state index contributed by atoms with van der Waals surface area (Å²) in [6.07, 6.45) is 67.8. The number of hydrogen-bond acceptors (Lipinski definition) is 9. The van der Waals surface area contributed by atoms with E-state index in [2.05, 4.69) is 98.9 Å². The molecule has 1 heterocycles. The number of esters is 1. The number of hydrogen-bond donors (Lipinski definition) is 4. The van der Waals surface area contributed by atoms with Crippen LogP contribution in [0.3, 0.4) is 0 Å². The maximum atomic E-state index is 12.9. The van der Waals surface area contributed by atoms with Gasteiger partial charge >= 0.3 is 5.97 Å².